The van der Waals surface area contributed by atoms with E-state index in [0.717, 1.165) is 25.7 Å². The van der Waals surface area contributed by atoms with Gasteiger partial charge in [0.2, 0.25) is 0 Å². The standard InChI is InChI=1S/C12H21N3S/c1-4-6-7-9-10(13-3)12-11(8-5-2)14-15-16-12/h4,10,13H,1,5-9H2,2-3H3. The van der Waals surface area contributed by atoms with Gasteiger partial charge >= 0.3 is 0 Å². The molecule has 0 bridgehead atoms. The number of aryl methyl sites for hydroxylation is 1. The Balaban J connectivity index is 2.62. The highest BCUT2D eigenvalue weighted by molar-refractivity contribution is 7.05. The van der Waals surface area contributed by atoms with Crippen molar-refractivity contribution in [2.24, 2.45) is 0 Å². The molecule has 90 valence electrons. The molecule has 0 saturated heterocycles. The Morgan fingerprint density at radius 1 is 1.56 bits per heavy atom. The third kappa shape index (κ3) is 3.68. The molecule has 3 nitrogen and oxygen atoms in total. The summed E-state index contributed by atoms with van der Waals surface area (Å²) >= 11 is 1.53. The van der Waals surface area contributed by atoms with Crippen molar-refractivity contribution >= 4 is 11.5 Å². The predicted molar refractivity (Wildman–Crippen MR) is 69.8 cm³/mol. The molecule has 1 aromatic rings. The lowest BCUT2D eigenvalue weighted by Gasteiger charge is -2.14. The summed E-state index contributed by atoms with van der Waals surface area (Å²) in [6, 6.07) is 0.404. The zero-order chi connectivity index (χ0) is 11.8. The fraction of sp³-hybridized carbons (Fsp3) is 0.667. The number of unbranched alkanes of at least 4 members (excludes halogenated alkanes) is 1. The lowest BCUT2D eigenvalue weighted by atomic mass is 10.1. The Morgan fingerprint density at radius 2 is 2.38 bits per heavy atom. The SMILES string of the molecule is C=CCCCC(NC)c1snnc1CCC. The van der Waals surface area contributed by atoms with Crippen molar-refractivity contribution in [1.29, 1.82) is 0 Å². The summed E-state index contributed by atoms with van der Waals surface area (Å²) in [5.41, 5.74) is 1.17. The van der Waals surface area contributed by atoms with Crippen LogP contribution in [0.1, 0.15) is 49.2 Å². The van der Waals surface area contributed by atoms with Crippen LogP contribution in [0, 0.1) is 0 Å². The quantitative estimate of drug-likeness (QED) is 0.559. The number of nitrogens with zero attached hydrogens (tertiary/aromatic N) is 2. The van der Waals surface area contributed by atoms with E-state index in [4.69, 9.17) is 0 Å². The van der Waals surface area contributed by atoms with Crippen molar-refractivity contribution < 1.29 is 0 Å². The van der Waals surface area contributed by atoms with Gasteiger partial charge in [0.1, 0.15) is 0 Å². The predicted octanol–water partition coefficient (Wildman–Crippen LogP) is 3.11. The molecule has 0 aromatic carbocycles. The molecule has 1 heterocycles. The second-order valence-corrected chi connectivity index (χ2v) is 4.68. The topological polar surface area (TPSA) is 37.8 Å². The highest BCUT2D eigenvalue weighted by atomic mass is 32.1. The number of rotatable bonds is 8. The van der Waals surface area contributed by atoms with Crippen LogP contribution >= 0.6 is 11.5 Å². The summed E-state index contributed by atoms with van der Waals surface area (Å²) in [6.45, 7) is 5.93. The zero-order valence-corrected chi connectivity index (χ0v) is 11.0. The summed E-state index contributed by atoms with van der Waals surface area (Å²) in [6.07, 6.45) is 7.51. The third-order valence-electron chi connectivity index (χ3n) is 2.64. The minimum atomic E-state index is 0.404. The second kappa shape index (κ2) is 7.52. The molecular weight excluding hydrogens is 218 g/mol. The normalized spacial score (nSPS) is 12.6. The summed E-state index contributed by atoms with van der Waals surface area (Å²) < 4.78 is 4.07. The van der Waals surface area contributed by atoms with Gasteiger partial charge in [-0.05, 0) is 44.3 Å². The van der Waals surface area contributed by atoms with Gasteiger partial charge in [0.15, 0.2) is 0 Å². The third-order valence-corrected chi connectivity index (χ3v) is 3.52. The van der Waals surface area contributed by atoms with Gasteiger partial charge < -0.3 is 5.32 Å². The maximum atomic E-state index is 4.21. The summed E-state index contributed by atoms with van der Waals surface area (Å²) in [7, 11) is 2.01. The van der Waals surface area contributed by atoms with E-state index in [0.29, 0.717) is 6.04 Å². The monoisotopic (exact) mass is 239 g/mol. The average molecular weight is 239 g/mol. The van der Waals surface area contributed by atoms with Crippen molar-refractivity contribution in [3.8, 4) is 0 Å². The van der Waals surface area contributed by atoms with Crippen LogP contribution in [0.15, 0.2) is 12.7 Å². The number of hydrogen-bond donors (Lipinski definition) is 1. The molecule has 0 spiro atoms. The van der Waals surface area contributed by atoms with Crippen LogP contribution < -0.4 is 5.32 Å². The summed E-state index contributed by atoms with van der Waals surface area (Å²) in [5.74, 6) is 0. The Bertz CT molecular complexity index is 309. The first-order chi connectivity index (χ1) is 7.83. The van der Waals surface area contributed by atoms with Crippen LogP contribution in [-0.4, -0.2) is 16.6 Å². The van der Waals surface area contributed by atoms with E-state index < -0.39 is 0 Å². The summed E-state index contributed by atoms with van der Waals surface area (Å²) in [5, 5.41) is 7.57. The van der Waals surface area contributed by atoms with Gasteiger partial charge in [-0.1, -0.05) is 23.9 Å². The van der Waals surface area contributed by atoms with Gasteiger partial charge in [-0.2, -0.15) is 0 Å². The van der Waals surface area contributed by atoms with Crippen LogP contribution in [-0.2, 0) is 6.42 Å². The second-order valence-electron chi connectivity index (χ2n) is 3.89. The number of aromatic nitrogens is 2. The van der Waals surface area contributed by atoms with E-state index in [1.165, 1.54) is 28.5 Å². The molecule has 0 fully saturated rings. The van der Waals surface area contributed by atoms with Crippen molar-refractivity contribution in [1.82, 2.24) is 14.9 Å². The average Bonchev–Trinajstić information content (AvgIpc) is 2.73. The molecule has 16 heavy (non-hydrogen) atoms. The highest BCUT2D eigenvalue weighted by Gasteiger charge is 2.16. The van der Waals surface area contributed by atoms with Crippen LogP contribution in [0.2, 0.25) is 0 Å². The molecule has 1 atom stereocenters. The Morgan fingerprint density at radius 3 is 3.00 bits per heavy atom. The van der Waals surface area contributed by atoms with Crippen LogP contribution in [0.25, 0.3) is 0 Å². The van der Waals surface area contributed by atoms with E-state index in [-0.39, 0.29) is 0 Å². The number of allylic oxidation sites excluding steroid dienone is 1. The minimum absolute atomic E-state index is 0.404. The molecule has 0 aliphatic heterocycles. The Hall–Kier alpha value is -0.740. The molecule has 1 rings (SSSR count). The van der Waals surface area contributed by atoms with Gasteiger partial charge in [0, 0.05) is 6.04 Å². The van der Waals surface area contributed by atoms with Crippen molar-refractivity contribution in [3.63, 3.8) is 0 Å². The first kappa shape index (κ1) is 13.3. The molecule has 1 aromatic heterocycles. The number of nitrogens with one attached hydrogen (secondary N) is 1. The van der Waals surface area contributed by atoms with Crippen LogP contribution in [0.5, 0.6) is 0 Å². The Labute approximate surface area is 102 Å². The molecule has 1 N–H and O–H groups in total. The minimum Gasteiger partial charge on any atom is -0.312 e. The van der Waals surface area contributed by atoms with Gasteiger partial charge in [-0.15, -0.1) is 11.7 Å². The van der Waals surface area contributed by atoms with Gasteiger partial charge in [0.05, 0.1) is 10.6 Å². The molecule has 0 amide bonds. The maximum Gasteiger partial charge on any atom is 0.0803 e. The first-order valence-corrected chi connectivity index (χ1v) is 6.70. The first-order valence-electron chi connectivity index (χ1n) is 5.92. The maximum absolute atomic E-state index is 4.21. The molecule has 0 aliphatic rings. The lowest BCUT2D eigenvalue weighted by molar-refractivity contribution is 0.532. The van der Waals surface area contributed by atoms with Gasteiger partial charge in [-0.25, -0.2) is 0 Å². The lowest BCUT2D eigenvalue weighted by Crippen LogP contribution is -2.16. The molecular formula is C12H21N3S. The van der Waals surface area contributed by atoms with E-state index in [1.807, 2.05) is 13.1 Å². The summed E-state index contributed by atoms with van der Waals surface area (Å²) in [4.78, 5) is 1.31. The zero-order valence-electron chi connectivity index (χ0n) is 10.2. The van der Waals surface area contributed by atoms with E-state index in [2.05, 4.69) is 28.4 Å². The van der Waals surface area contributed by atoms with Crippen LogP contribution in [0.4, 0.5) is 0 Å². The van der Waals surface area contributed by atoms with Crippen molar-refractivity contribution in [2.45, 2.75) is 45.1 Å². The number of hydrogen-bond acceptors (Lipinski definition) is 4. The Kier molecular flexibility index (Phi) is 6.26. The largest absolute Gasteiger partial charge is 0.312 e. The van der Waals surface area contributed by atoms with E-state index in [1.54, 1.807) is 0 Å². The van der Waals surface area contributed by atoms with E-state index in [9.17, 15) is 0 Å². The molecule has 0 saturated carbocycles. The molecule has 0 radical (unpaired) electrons. The fourth-order valence-electron chi connectivity index (χ4n) is 1.76. The fourth-order valence-corrected chi connectivity index (χ4v) is 2.60. The molecule has 4 heteroatoms. The highest BCUT2D eigenvalue weighted by Crippen LogP contribution is 2.25. The molecule has 1 unspecified atom stereocenters. The molecule has 0 aliphatic carbocycles. The van der Waals surface area contributed by atoms with Gasteiger partial charge in [0.25, 0.3) is 0 Å². The van der Waals surface area contributed by atoms with Crippen LogP contribution in [0.3, 0.4) is 0 Å². The smallest absolute Gasteiger partial charge is 0.0803 e. The van der Waals surface area contributed by atoms with Gasteiger partial charge in [-0.3, -0.25) is 0 Å². The van der Waals surface area contributed by atoms with Crippen molar-refractivity contribution in [2.75, 3.05) is 7.05 Å². The van der Waals surface area contributed by atoms with Crippen molar-refractivity contribution in [3.05, 3.63) is 23.2 Å². The van der Waals surface area contributed by atoms with E-state index >= 15 is 0 Å².